The van der Waals surface area contributed by atoms with Crippen LogP contribution in [0.5, 0.6) is 0 Å². The number of carbonyl (C=O) groups is 1. The Labute approximate surface area is 121 Å². The monoisotopic (exact) mass is 270 g/mol. The summed E-state index contributed by atoms with van der Waals surface area (Å²) in [6, 6.07) is 10.1. The molecule has 0 bridgehead atoms. The fourth-order valence-electron chi connectivity index (χ4n) is 2.90. The van der Waals surface area contributed by atoms with Gasteiger partial charge in [0.1, 0.15) is 5.78 Å². The Bertz CT molecular complexity index is 486. The standard InChI is InChI=1S/C18H22O2/c1-3-4-13-18(2)16(19)11-8-12-17(18)20-14-15-9-6-5-7-10-15/h1,5-7,9-10,17H,4,8,11-14H2,2H3/t17-,18-/m1/s1. The summed E-state index contributed by atoms with van der Waals surface area (Å²) in [5, 5.41) is 0. The van der Waals surface area contributed by atoms with Crippen molar-refractivity contribution in [2.75, 3.05) is 0 Å². The summed E-state index contributed by atoms with van der Waals surface area (Å²) in [5.74, 6) is 2.95. The molecule has 0 saturated heterocycles. The molecule has 1 fully saturated rings. The maximum Gasteiger partial charge on any atom is 0.141 e. The van der Waals surface area contributed by atoms with Gasteiger partial charge in [-0.05, 0) is 24.8 Å². The van der Waals surface area contributed by atoms with E-state index in [0.717, 1.165) is 24.8 Å². The summed E-state index contributed by atoms with van der Waals surface area (Å²) in [6.07, 6.45) is 9.22. The number of ketones is 1. The van der Waals surface area contributed by atoms with Crippen LogP contribution in [0, 0.1) is 17.8 Å². The Morgan fingerprint density at radius 2 is 2.15 bits per heavy atom. The Kier molecular flexibility index (Phi) is 4.98. The molecule has 2 heteroatoms. The number of hydrogen-bond donors (Lipinski definition) is 0. The zero-order chi connectivity index (χ0) is 14.4. The van der Waals surface area contributed by atoms with Crippen molar-refractivity contribution in [2.45, 2.75) is 51.7 Å². The second-order valence-corrected chi connectivity index (χ2v) is 5.72. The van der Waals surface area contributed by atoms with Crippen molar-refractivity contribution in [1.82, 2.24) is 0 Å². The van der Waals surface area contributed by atoms with E-state index in [1.807, 2.05) is 37.3 Å². The molecule has 1 aromatic rings. The van der Waals surface area contributed by atoms with Gasteiger partial charge in [0.15, 0.2) is 0 Å². The summed E-state index contributed by atoms with van der Waals surface area (Å²) in [6.45, 7) is 2.58. The zero-order valence-electron chi connectivity index (χ0n) is 12.1. The molecule has 0 amide bonds. The molecule has 0 aromatic heterocycles. The molecule has 2 atom stereocenters. The highest BCUT2D eigenvalue weighted by Gasteiger charge is 2.43. The van der Waals surface area contributed by atoms with Crippen molar-refractivity contribution >= 4 is 5.78 Å². The summed E-state index contributed by atoms with van der Waals surface area (Å²) >= 11 is 0. The van der Waals surface area contributed by atoms with E-state index in [2.05, 4.69) is 5.92 Å². The van der Waals surface area contributed by atoms with Crippen LogP contribution in [0.3, 0.4) is 0 Å². The molecule has 0 heterocycles. The third-order valence-corrected chi connectivity index (χ3v) is 4.30. The smallest absolute Gasteiger partial charge is 0.141 e. The van der Waals surface area contributed by atoms with E-state index >= 15 is 0 Å². The minimum Gasteiger partial charge on any atom is -0.373 e. The Morgan fingerprint density at radius 3 is 2.85 bits per heavy atom. The second-order valence-electron chi connectivity index (χ2n) is 5.72. The van der Waals surface area contributed by atoms with Crippen molar-refractivity contribution in [3.05, 3.63) is 35.9 Å². The number of benzene rings is 1. The quantitative estimate of drug-likeness (QED) is 0.762. The van der Waals surface area contributed by atoms with Crippen LogP contribution in [0.1, 0.15) is 44.6 Å². The summed E-state index contributed by atoms with van der Waals surface area (Å²) in [5.41, 5.74) is 0.726. The first kappa shape index (κ1) is 14.8. The largest absolute Gasteiger partial charge is 0.373 e. The highest BCUT2D eigenvalue weighted by atomic mass is 16.5. The van der Waals surface area contributed by atoms with Gasteiger partial charge >= 0.3 is 0 Å². The Hall–Kier alpha value is -1.59. The van der Waals surface area contributed by atoms with Crippen LogP contribution >= 0.6 is 0 Å². The predicted octanol–water partition coefficient (Wildman–Crippen LogP) is 3.74. The van der Waals surface area contributed by atoms with Gasteiger partial charge in [-0.15, -0.1) is 12.3 Å². The van der Waals surface area contributed by atoms with Crippen molar-refractivity contribution in [3.63, 3.8) is 0 Å². The van der Waals surface area contributed by atoms with Crippen LogP contribution < -0.4 is 0 Å². The van der Waals surface area contributed by atoms with Crippen molar-refractivity contribution in [3.8, 4) is 12.3 Å². The summed E-state index contributed by atoms with van der Waals surface area (Å²) in [7, 11) is 0. The molecule has 0 N–H and O–H groups in total. The number of carbonyl (C=O) groups excluding carboxylic acids is 1. The molecule has 1 aliphatic carbocycles. The van der Waals surface area contributed by atoms with E-state index in [4.69, 9.17) is 11.2 Å². The number of rotatable bonds is 5. The minimum atomic E-state index is -0.417. The first-order chi connectivity index (χ1) is 9.66. The van der Waals surface area contributed by atoms with Gasteiger partial charge in [-0.25, -0.2) is 0 Å². The van der Waals surface area contributed by atoms with Crippen LogP contribution in [-0.4, -0.2) is 11.9 Å². The molecule has 1 aromatic carbocycles. The van der Waals surface area contributed by atoms with Crippen molar-refractivity contribution in [1.29, 1.82) is 0 Å². The molecular weight excluding hydrogens is 248 g/mol. The first-order valence-corrected chi connectivity index (χ1v) is 7.29. The van der Waals surface area contributed by atoms with Crippen molar-refractivity contribution in [2.24, 2.45) is 5.41 Å². The highest BCUT2D eigenvalue weighted by molar-refractivity contribution is 5.85. The highest BCUT2D eigenvalue weighted by Crippen LogP contribution is 2.39. The molecule has 106 valence electrons. The van der Waals surface area contributed by atoms with E-state index < -0.39 is 5.41 Å². The lowest BCUT2D eigenvalue weighted by atomic mass is 9.69. The number of hydrogen-bond acceptors (Lipinski definition) is 2. The van der Waals surface area contributed by atoms with E-state index in [1.54, 1.807) is 0 Å². The van der Waals surface area contributed by atoms with Gasteiger partial charge in [0, 0.05) is 12.8 Å². The predicted molar refractivity (Wildman–Crippen MR) is 80.1 cm³/mol. The lowest BCUT2D eigenvalue weighted by molar-refractivity contribution is -0.145. The lowest BCUT2D eigenvalue weighted by Gasteiger charge is -2.39. The summed E-state index contributed by atoms with van der Waals surface area (Å²) < 4.78 is 6.06. The molecule has 2 rings (SSSR count). The summed E-state index contributed by atoms with van der Waals surface area (Å²) in [4.78, 5) is 12.3. The fourth-order valence-corrected chi connectivity index (χ4v) is 2.90. The van der Waals surface area contributed by atoms with Crippen LogP contribution in [0.25, 0.3) is 0 Å². The van der Waals surface area contributed by atoms with Crippen LogP contribution in [-0.2, 0) is 16.1 Å². The molecule has 2 nitrogen and oxygen atoms in total. The average Bonchev–Trinajstić information content (AvgIpc) is 2.48. The van der Waals surface area contributed by atoms with Gasteiger partial charge in [0.05, 0.1) is 18.1 Å². The lowest BCUT2D eigenvalue weighted by Crippen LogP contribution is -2.44. The van der Waals surface area contributed by atoms with Gasteiger partial charge in [-0.2, -0.15) is 0 Å². The zero-order valence-corrected chi connectivity index (χ0v) is 12.1. The van der Waals surface area contributed by atoms with E-state index in [-0.39, 0.29) is 6.10 Å². The maximum atomic E-state index is 12.3. The molecule has 1 aliphatic rings. The van der Waals surface area contributed by atoms with Gasteiger partial charge < -0.3 is 4.74 Å². The number of terminal acetylenes is 1. The van der Waals surface area contributed by atoms with Crippen LogP contribution in [0.2, 0.25) is 0 Å². The van der Waals surface area contributed by atoms with Gasteiger partial charge in [-0.3, -0.25) is 4.79 Å². The molecule has 0 spiro atoms. The minimum absolute atomic E-state index is 0.0164. The van der Waals surface area contributed by atoms with Crippen LogP contribution in [0.15, 0.2) is 30.3 Å². The number of Topliss-reactive ketones (excluding diaryl/α,β-unsaturated/α-hetero) is 1. The van der Waals surface area contributed by atoms with Gasteiger partial charge in [0.2, 0.25) is 0 Å². The van der Waals surface area contributed by atoms with Crippen LogP contribution in [0.4, 0.5) is 0 Å². The third-order valence-electron chi connectivity index (χ3n) is 4.30. The Morgan fingerprint density at radius 1 is 1.40 bits per heavy atom. The van der Waals surface area contributed by atoms with E-state index in [9.17, 15) is 4.79 Å². The van der Waals surface area contributed by atoms with Gasteiger partial charge in [0.25, 0.3) is 0 Å². The van der Waals surface area contributed by atoms with Gasteiger partial charge in [-0.1, -0.05) is 37.3 Å². The Balaban J connectivity index is 2.03. The SMILES string of the molecule is C#CCC[C@]1(C)C(=O)CCC[C@H]1OCc1ccccc1. The molecule has 1 saturated carbocycles. The fraction of sp³-hybridized carbons (Fsp3) is 0.500. The molecular formula is C18H22O2. The molecule has 0 aliphatic heterocycles. The average molecular weight is 270 g/mol. The number of ether oxygens (including phenoxy) is 1. The maximum absolute atomic E-state index is 12.3. The molecule has 0 unspecified atom stereocenters. The first-order valence-electron chi connectivity index (χ1n) is 7.29. The molecule has 0 radical (unpaired) electrons. The second kappa shape index (κ2) is 6.72. The third kappa shape index (κ3) is 3.29. The topological polar surface area (TPSA) is 26.3 Å². The van der Waals surface area contributed by atoms with Crippen molar-refractivity contribution < 1.29 is 9.53 Å². The van der Waals surface area contributed by atoms with E-state index in [0.29, 0.717) is 25.2 Å². The normalized spacial score (nSPS) is 26.2. The molecule has 20 heavy (non-hydrogen) atoms. The van der Waals surface area contributed by atoms with E-state index in [1.165, 1.54) is 0 Å².